The van der Waals surface area contributed by atoms with E-state index in [4.69, 9.17) is 0 Å². The first kappa shape index (κ1) is 15.4. The minimum absolute atomic E-state index is 0.265. The Morgan fingerprint density at radius 1 is 1.25 bits per heavy atom. The van der Waals surface area contributed by atoms with Crippen LogP contribution in [0.5, 0.6) is 0 Å². The van der Waals surface area contributed by atoms with Gasteiger partial charge in [-0.25, -0.2) is 0 Å². The summed E-state index contributed by atoms with van der Waals surface area (Å²) in [6.45, 7) is 18.5. The zero-order valence-corrected chi connectivity index (χ0v) is 14.4. The van der Waals surface area contributed by atoms with E-state index in [2.05, 4.69) is 68.1 Å². The number of hydrogen-bond donors (Lipinski definition) is 0. The van der Waals surface area contributed by atoms with Crippen molar-refractivity contribution in [3.05, 3.63) is 41.0 Å². The van der Waals surface area contributed by atoms with Crippen LogP contribution in [0.3, 0.4) is 0 Å². The molecule has 1 aliphatic carbocycles. The van der Waals surface area contributed by atoms with E-state index in [-0.39, 0.29) is 10.8 Å². The molecule has 1 atom stereocenters. The van der Waals surface area contributed by atoms with Crippen molar-refractivity contribution in [2.75, 3.05) is 0 Å². The largest absolute Gasteiger partial charge is 0.107 e. The molecule has 2 rings (SSSR count). The first-order valence-corrected chi connectivity index (χ1v) is 7.95. The smallest absolute Gasteiger partial charge is 0.0960 e. The molecule has 1 aromatic rings. The summed E-state index contributed by atoms with van der Waals surface area (Å²) >= 11 is 0. The van der Waals surface area contributed by atoms with Gasteiger partial charge in [-0.05, 0) is 52.3 Å². The molecule has 1 aliphatic rings. The number of hydrogen-bond acceptors (Lipinski definition) is 0. The maximum atomic E-state index is 4.25. The molecule has 1 unspecified atom stereocenters. The zero-order valence-electron chi connectivity index (χ0n) is 14.4. The van der Waals surface area contributed by atoms with Crippen LogP contribution in [0.25, 0.3) is 5.57 Å². The molecule has 0 spiro atoms. The lowest BCUT2D eigenvalue weighted by Crippen LogP contribution is -2.40. The predicted octanol–water partition coefficient (Wildman–Crippen LogP) is 4.65. The summed E-state index contributed by atoms with van der Waals surface area (Å²) < 4.78 is 0. The predicted molar refractivity (Wildman–Crippen MR) is 93.4 cm³/mol. The van der Waals surface area contributed by atoms with Crippen molar-refractivity contribution in [2.24, 2.45) is 5.92 Å². The van der Waals surface area contributed by atoms with Gasteiger partial charge >= 0.3 is 0 Å². The molecule has 1 aromatic carbocycles. The van der Waals surface area contributed by atoms with E-state index in [9.17, 15) is 0 Å². The lowest BCUT2D eigenvalue weighted by molar-refractivity contribution is 0.233. The van der Waals surface area contributed by atoms with E-state index in [1.807, 2.05) is 0 Å². The Morgan fingerprint density at radius 2 is 1.85 bits per heavy atom. The minimum atomic E-state index is 0.265. The molecule has 0 fully saturated rings. The van der Waals surface area contributed by atoms with Crippen LogP contribution in [-0.4, -0.2) is 7.85 Å². The molecule has 0 saturated heterocycles. The summed E-state index contributed by atoms with van der Waals surface area (Å²) in [7, 11) is 2.19. The van der Waals surface area contributed by atoms with Crippen molar-refractivity contribution >= 4 is 13.4 Å². The molecule has 0 bridgehead atoms. The standard InChI is InChI=1S/C19H29B/c1-12-8-17-16(9-15(12)13(2)11-20)18(4,5)10-14(3)19(17,6)7/h8-9,14H,2,10-11,20H2,1,3-7H3. The lowest BCUT2D eigenvalue weighted by atomic mass is 9.57. The highest BCUT2D eigenvalue weighted by Gasteiger charge is 2.42. The van der Waals surface area contributed by atoms with Crippen molar-refractivity contribution in [3.63, 3.8) is 0 Å². The summed E-state index contributed by atoms with van der Waals surface area (Å²) in [6, 6.07) is 4.87. The highest BCUT2D eigenvalue weighted by Crippen LogP contribution is 2.50. The number of fused-ring (bicyclic) bond motifs is 1. The average Bonchev–Trinajstić information content (AvgIpc) is 2.35. The van der Waals surface area contributed by atoms with Crippen molar-refractivity contribution in [1.29, 1.82) is 0 Å². The summed E-state index contributed by atoms with van der Waals surface area (Å²) in [5, 5.41) is 0. The first-order valence-electron chi connectivity index (χ1n) is 7.95. The monoisotopic (exact) mass is 268 g/mol. The topological polar surface area (TPSA) is 0 Å². The van der Waals surface area contributed by atoms with E-state index in [1.165, 1.54) is 28.7 Å². The molecule has 0 aromatic heterocycles. The first-order chi connectivity index (χ1) is 9.11. The third-order valence-corrected chi connectivity index (χ3v) is 5.64. The summed E-state index contributed by atoms with van der Waals surface area (Å²) in [6.07, 6.45) is 2.29. The minimum Gasteiger partial charge on any atom is -0.0960 e. The van der Waals surface area contributed by atoms with Crippen LogP contribution in [0.1, 0.15) is 63.3 Å². The molecule has 0 heterocycles. The van der Waals surface area contributed by atoms with Crippen LogP contribution in [-0.2, 0) is 10.8 Å². The molecule has 108 valence electrons. The quantitative estimate of drug-likeness (QED) is 0.685. The van der Waals surface area contributed by atoms with Gasteiger partial charge in [0.25, 0.3) is 0 Å². The van der Waals surface area contributed by atoms with Gasteiger partial charge in [-0.3, -0.25) is 0 Å². The Hall–Kier alpha value is -0.975. The van der Waals surface area contributed by atoms with Gasteiger partial charge in [-0.15, -0.1) is 0 Å². The second-order valence-electron chi connectivity index (χ2n) is 7.88. The number of allylic oxidation sites excluding steroid dienone is 1. The fraction of sp³-hybridized carbons (Fsp3) is 0.579. The van der Waals surface area contributed by atoms with E-state index in [0.29, 0.717) is 5.92 Å². The van der Waals surface area contributed by atoms with Gasteiger partial charge in [0.2, 0.25) is 0 Å². The van der Waals surface area contributed by atoms with Crippen LogP contribution < -0.4 is 0 Å². The molecule has 0 nitrogen and oxygen atoms in total. The molecule has 0 N–H and O–H groups in total. The van der Waals surface area contributed by atoms with E-state index >= 15 is 0 Å². The maximum absolute atomic E-state index is 4.25. The van der Waals surface area contributed by atoms with Gasteiger partial charge in [0.05, 0.1) is 0 Å². The third kappa shape index (κ3) is 2.26. The maximum Gasteiger partial charge on any atom is 0.107 e. The molecule has 20 heavy (non-hydrogen) atoms. The van der Waals surface area contributed by atoms with Gasteiger partial charge in [-0.1, -0.05) is 65.2 Å². The molecular weight excluding hydrogens is 239 g/mol. The Kier molecular flexibility index (Phi) is 3.69. The van der Waals surface area contributed by atoms with Crippen LogP contribution in [0.2, 0.25) is 6.32 Å². The van der Waals surface area contributed by atoms with Crippen LogP contribution in [0, 0.1) is 12.8 Å². The zero-order chi connectivity index (χ0) is 15.3. The van der Waals surface area contributed by atoms with Gasteiger partial charge < -0.3 is 0 Å². The Balaban J connectivity index is 2.71. The molecular formula is C19H29B. The third-order valence-electron chi connectivity index (χ3n) is 5.64. The van der Waals surface area contributed by atoms with Crippen molar-refractivity contribution in [3.8, 4) is 0 Å². The lowest BCUT2D eigenvalue weighted by Gasteiger charge is -2.47. The molecule has 0 saturated carbocycles. The van der Waals surface area contributed by atoms with E-state index < -0.39 is 0 Å². The highest BCUT2D eigenvalue weighted by molar-refractivity contribution is 6.14. The van der Waals surface area contributed by atoms with Crippen LogP contribution >= 0.6 is 0 Å². The van der Waals surface area contributed by atoms with E-state index in [0.717, 1.165) is 6.32 Å². The Labute approximate surface area is 126 Å². The van der Waals surface area contributed by atoms with Gasteiger partial charge in [0.15, 0.2) is 0 Å². The highest BCUT2D eigenvalue weighted by atomic mass is 14.5. The summed E-state index contributed by atoms with van der Waals surface area (Å²) in [5.74, 6) is 0.713. The average molecular weight is 268 g/mol. The summed E-state index contributed by atoms with van der Waals surface area (Å²) in [4.78, 5) is 0. The van der Waals surface area contributed by atoms with Crippen molar-refractivity contribution in [2.45, 2.75) is 65.1 Å². The molecule has 0 aliphatic heterocycles. The summed E-state index contributed by atoms with van der Waals surface area (Å²) in [5.41, 5.74) is 7.63. The number of rotatable bonds is 2. The number of benzene rings is 1. The Morgan fingerprint density at radius 3 is 2.40 bits per heavy atom. The fourth-order valence-corrected chi connectivity index (χ4v) is 3.77. The SMILES string of the molecule is BCC(=C)c1cc2c(cc1C)C(C)(C)C(C)CC2(C)C. The van der Waals surface area contributed by atoms with Crippen molar-refractivity contribution < 1.29 is 0 Å². The van der Waals surface area contributed by atoms with E-state index in [1.54, 1.807) is 5.56 Å². The fourth-order valence-electron chi connectivity index (χ4n) is 3.77. The second kappa shape index (κ2) is 4.79. The van der Waals surface area contributed by atoms with Gasteiger partial charge in [-0.2, -0.15) is 0 Å². The molecule has 0 amide bonds. The molecule has 0 radical (unpaired) electrons. The van der Waals surface area contributed by atoms with Crippen LogP contribution in [0.15, 0.2) is 18.7 Å². The normalized spacial score (nSPS) is 23.2. The Bertz CT molecular complexity index is 549. The van der Waals surface area contributed by atoms with Crippen molar-refractivity contribution in [1.82, 2.24) is 0 Å². The van der Waals surface area contributed by atoms with Gasteiger partial charge in [0.1, 0.15) is 7.85 Å². The van der Waals surface area contributed by atoms with Crippen LogP contribution in [0.4, 0.5) is 0 Å². The second-order valence-corrected chi connectivity index (χ2v) is 7.88. The number of aryl methyl sites for hydroxylation is 1. The van der Waals surface area contributed by atoms with Gasteiger partial charge in [0, 0.05) is 0 Å². The molecule has 1 heteroatoms.